The van der Waals surface area contributed by atoms with Crippen LogP contribution in [0.15, 0.2) is 48.7 Å². The van der Waals surface area contributed by atoms with Gasteiger partial charge in [-0.25, -0.2) is 4.79 Å². The van der Waals surface area contributed by atoms with Gasteiger partial charge in [-0.05, 0) is 43.7 Å². The van der Waals surface area contributed by atoms with Gasteiger partial charge in [-0.3, -0.25) is 0 Å². The molecule has 1 heterocycles. The minimum Gasteiger partial charge on any atom is -0.495 e. The molecule has 0 unspecified atom stereocenters. The van der Waals surface area contributed by atoms with Gasteiger partial charge in [0.15, 0.2) is 5.82 Å². The topological polar surface area (TPSA) is 98.3 Å². The smallest absolute Gasteiger partial charge is 0.340 e. The highest BCUT2D eigenvalue weighted by atomic mass is 16.5. The SMILES string of the molecule is CCOC(=O)c1ccccc1Nc1nncc(Nc2cc(C)ccc2OC)n1. The number of carbonyl (C=O) groups excluding carboxylic acids is 1. The molecule has 0 radical (unpaired) electrons. The third-order valence-corrected chi connectivity index (χ3v) is 3.85. The number of benzene rings is 2. The molecule has 8 nitrogen and oxygen atoms in total. The second-order valence-corrected chi connectivity index (χ2v) is 5.89. The monoisotopic (exact) mass is 379 g/mol. The predicted molar refractivity (Wildman–Crippen MR) is 107 cm³/mol. The van der Waals surface area contributed by atoms with E-state index in [2.05, 4.69) is 25.8 Å². The Hall–Kier alpha value is -3.68. The Kier molecular flexibility index (Phi) is 6.01. The van der Waals surface area contributed by atoms with E-state index in [-0.39, 0.29) is 5.95 Å². The molecule has 0 saturated heterocycles. The van der Waals surface area contributed by atoms with Crippen LogP contribution in [0.3, 0.4) is 0 Å². The Labute approximate surface area is 162 Å². The van der Waals surface area contributed by atoms with E-state index in [0.29, 0.717) is 29.4 Å². The standard InChI is InChI=1S/C20H21N5O3/c1-4-28-19(26)14-7-5-6-8-15(14)23-20-24-18(12-21-25-20)22-16-11-13(2)9-10-17(16)27-3/h5-12H,4H2,1-3H3,(H2,22,23,24,25). The van der Waals surface area contributed by atoms with Crippen molar-refractivity contribution in [2.45, 2.75) is 13.8 Å². The molecule has 3 rings (SSSR count). The molecule has 3 aromatic rings. The minimum atomic E-state index is -0.419. The Morgan fingerprint density at radius 1 is 1.11 bits per heavy atom. The summed E-state index contributed by atoms with van der Waals surface area (Å²) in [6.45, 7) is 4.04. The predicted octanol–water partition coefficient (Wildman–Crippen LogP) is 3.85. The molecule has 2 N–H and O–H groups in total. The number of hydrogen-bond acceptors (Lipinski definition) is 8. The van der Waals surface area contributed by atoms with E-state index in [1.54, 1.807) is 38.3 Å². The van der Waals surface area contributed by atoms with Gasteiger partial charge in [-0.1, -0.05) is 18.2 Å². The molecule has 0 aliphatic rings. The number of nitrogens with zero attached hydrogens (tertiary/aromatic N) is 3. The van der Waals surface area contributed by atoms with Gasteiger partial charge in [0.2, 0.25) is 5.95 Å². The van der Waals surface area contributed by atoms with E-state index in [0.717, 1.165) is 11.3 Å². The second kappa shape index (κ2) is 8.81. The van der Waals surface area contributed by atoms with Gasteiger partial charge in [0.05, 0.1) is 36.9 Å². The number of methoxy groups -OCH3 is 1. The molecule has 0 fully saturated rings. The lowest BCUT2D eigenvalue weighted by atomic mass is 10.2. The first-order chi connectivity index (χ1) is 13.6. The fourth-order valence-corrected chi connectivity index (χ4v) is 2.57. The molecule has 28 heavy (non-hydrogen) atoms. The highest BCUT2D eigenvalue weighted by molar-refractivity contribution is 5.96. The van der Waals surface area contributed by atoms with Gasteiger partial charge in [0.25, 0.3) is 0 Å². The van der Waals surface area contributed by atoms with Crippen LogP contribution >= 0.6 is 0 Å². The molecule has 0 amide bonds. The molecule has 2 aromatic carbocycles. The third-order valence-electron chi connectivity index (χ3n) is 3.85. The third kappa shape index (κ3) is 4.53. The summed E-state index contributed by atoms with van der Waals surface area (Å²) in [5, 5.41) is 14.2. The zero-order chi connectivity index (χ0) is 19.9. The maximum atomic E-state index is 12.1. The van der Waals surface area contributed by atoms with Crippen LogP contribution in [-0.4, -0.2) is 34.9 Å². The second-order valence-electron chi connectivity index (χ2n) is 5.89. The van der Waals surface area contributed by atoms with Crippen LogP contribution in [0, 0.1) is 6.92 Å². The molecule has 0 atom stereocenters. The van der Waals surface area contributed by atoms with Gasteiger partial charge >= 0.3 is 5.97 Å². The Bertz CT molecular complexity index is 978. The van der Waals surface area contributed by atoms with Crippen molar-refractivity contribution >= 4 is 29.1 Å². The summed E-state index contributed by atoms with van der Waals surface area (Å²) in [6, 6.07) is 12.8. The van der Waals surface area contributed by atoms with Crippen molar-refractivity contribution in [2.24, 2.45) is 0 Å². The lowest BCUT2D eigenvalue weighted by molar-refractivity contribution is 0.0527. The lowest BCUT2D eigenvalue weighted by Crippen LogP contribution is -2.09. The van der Waals surface area contributed by atoms with Crippen molar-refractivity contribution in [3.05, 3.63) is 59.8 Å². The molecule has 0 aliphatic carbocycles. The summed E-state index contributed by atoms with van der Waals surface area (Å²) in [6.07, 6.45) is 1.50. The fraction of sp³-hybridized carbons (Fsp3) is 0.200. The van der Waals surface area contributed by atoms with Crippen LogP contribution in [-0.2, 0) is 4.74 Å². The van der Waals surface area contributed by atoms with Crippen LogP contribution < -0.4 is 15.4 Å². The molecule has 0 bridgehead atoms. The first kappa shape index (κ1) is 19.1. The largest absolute Gasteiger partial charge is 0.495 e. The number of rotatable bonds is 7. The summed E-state index contributed by atoms with van der Waals surface area (Å²) >= 11 is 0. The summed E-state index contributed by atoms with van der Waals surface area (Å²) in [5.74, 6) is 0.993. The summed E-state index contributed by atoms with van der Waals surface area (Å²) in [7, 11) is 1.60. The maximum absolute atomic E-state index is 12.1. The molecule has 8 heteroatoms. The van der Waals surface area contributed by atoms with Gasteiger partial charge in [-0.15, -0.1) is 5.10 Å². The summed E-state index contributed by atoms with van der Waals surface area (Å²) in [4.78, 5) is 16.5. The van der Waals surface area contributed by atoms with E-state index < -0.39 is 5.97 Å². The Morgan fingerprint density at radius 2 is 1.93 bits per heavy atom. The van der Waals surface area contributed by atoms with E-state index in [4.69, 9.17) is 9.47 Å². The molecule has 1 aromatic heterocycles. The van der Waals surface area contributed by atoms with Crippen molar-refractivity contribution in [1.29, 1.82) is 0 Å². The zero-order valence-electron chi connectivity index (χ0n) is 15.9. The Morgan fingerprint density at radius 3 is 2.71 bits per heavy atom. The normalized spacial score (nSPS) is 10.2. The van der Waals surface area contributed by atoms with E-state index in [1.807, 2.05) is 25.1 Å². The average Bonchev–Trinajstić information content (AvgIpc) is 2.69. The number of para-hydroxylation sites is 1. The summed E-state index contributed by atoms with van der Waals surface area (Å²) < 4.78 is 10.5. The molecule has 144 valence electrons. The molecule has 0 aliphatic heterocycles. The number of esters is 1. The van der Waals surface area contributed by atoms with Gasteiger partial charge in [-0.2, -0.15) is 10.1 Å². The molecular weight excluding hydrogens is 358 g/mol. The van der Waals surface area contributed by atoms with Crippen LogP contribution in [0.2, 0.25) is 0 Å². The van der Waals surface area contributed by atoms with Crippen LogP contribution in [0.4, 0.5) is 23.1 Å². The van der Waals surface area contributed by atoms with Crippen molar-refractivity contribution in [3.63, 3.8) is 0 Å². The Balaban J connectivity index is 1.84. The fourth-order valence-electron chi connectivity index (χ4n) is 2.57. The van der Waals surface area contributed by atoms with Crippen molar-refractivity contribution in [2.75, 3.05) is 24.4 Å². The first-order valence-corrected chi connectivity index (χ1v) is 8.75. The molecule has 0 spiro atoms. The number of ether oxygens (including phenoxy) is 2. The first-order valence-electron chi connectivity index (χ1n) is 8.75. The van der Waals surface area contributed by atoms with Crippen molar-refractivity contribution in [3.8, 4) is 5.75 Å². The van der Waals surface area contributed by atoms with E-state index in [9.17, 15) is 4.79 Å². The number of anilines is 4. The van der Waals surface area contributed by atoms with E-state index in [1.165, 1.54) is 6.20 Å². The lowest BCUT2D eigenvalue weighted by Gasteiger charge is -2.12. The quantitative estimate of drug-likeness (QED) is 0.597. The van der Waals surface area contributed by atoms with Crippen LogP contribution in [0.25, 0.3) is 0 Å². The number of carbonyl (C=O) groups is 1. The van der Waals surface area contributed by atoms with Gasteiger partial charge in [0, 0.05) is 0 Å². The zero-order valence-corrected chi connectivity index (χ0v) is 15.9. The van der Waals surface area contributed by atoms with E-state index >= 15 is 0 Å². The molecule has 0 saturated carbocycles. The van der Waals surface area contributed by atoms with Crippen LogP contribution in [0.5, 0.6) is 5.75 Å². The minimum absolute atomic E-state index is 0.244. The van der Waals surface area contributed by atoms with Gasteiger partial charge in [0.1, 0.15) is 5.75 Å². The maximum Gasteiger partial charge on any atom is 0.340 e. The highest BCUT2D eigenvalue weighted by Gasteiger charge is 2.13. The number of hydrogen-bond donors (Lipinski definition) is 2. The number of aromatic nitrogens is 3. The number of nitrogens with one attached hydrogen (secondary N) is 2. The highest BCUT2D eigenvalue weighted by Crippen LogP contribution is 2.28. The van der Waals surface area contributed by atoms with Gasteiger partial charge < -0.3 is 20.1 Å². The van der Waals surface area contributed by atoms with Crippen LogP contribution in [0.1, 0.15) is 22.8 Å². The van der Waals surface area contributed by atoms with Crippen molar-refractivity contribution in [1.82, 2.24) is 15.2 Å². The summed E-state index contributed by atoms with van der Waals surface area (Å²) in [5.41, 5.74) is 2.77. The average molecular weight is 379 g/mol. The van der Waals surface area contributed by atoms with Crippen molar-refractivity contribution < 1.29 is 14.3 Å². The number of aryl methyl sites for hydroxylation is 1. The molecular formula is C20H21N5O3.